The Balaban J connectivity index is 0.00000312. The standard InChI is InChI=1S/C18H36N4OS.HI/c1-4-19-18(20-14-16-10-8-12-22(16)5-2)21-15-9-7-11-17(13-15)24(23)6-3;/h15-17H,4-14H2,1-3H3,(H2,19,20,21);1H. The molecule has 0 aromatic carbocycles. The Morgan fingerprint density at radius 1 is 1.20 bits per heavy atom. The Bertz CT molecular complexity index is 435. The molecule has 4 atom stereocenters. The zero-order valence-electron chi connectivity index (χ0n) is 16.1. The summed E-state index contributed by atoms with van der Waals surface area (Å²) in [6.45, 7) is 10.5. The summed E-state index contributed by atoms with van der Waals surface area (Å²) in [5, 5.41) is 7.35. The summed E-state index contributed by atoms with van der Waals surface area (Å²) in [6.07, 6.45) is 7.00. The highest BCUT2D eigenvalue weighted by Gasteiger charge is 2.26. The fraction of sp³-hybridized carbons (Fsp3) is 0.944. The minimum atomic E-state index is -0.671. The lowest BCUT2D eigenvalue weighted by Gasteiger charge is -2.30. The fourth-order valence-electron chi connectivity index (χ4n) is 3.98. The molecule has 0 aromatic heterocycles. The summed E-state index contributed by atoms with van der Waals surface area (Å²) in [5.74, 6) is 1.72. The molecule has 7 heteroatoms. The number of nitrogens with zero attached hydrogens (tertiary/aromatic N) is 2. The van der Waals surface area contributed by atoms with Crippen molar-refractivity contribution in [3.05, 3.63) is 0 Å². The van der Waals surface area contributed by atoms with Gasteiger partial charge in [-0.15, -0.1) is 24.0 Å². The molecule has 0 amide bonds. The molecule has 2 aliphatic rings. The lowest BCUT2D eigenvalue weighted by atomic mass is 9.95. The smallest absolute Gasteiger partial charge is 0.191 e. The Morgan fingerprint density at radius 3 is 2.68 bits per heavy atom. The first kappa shape index (κ1) is 23.1. The third-order valence-electron chi connectivity index (χ3n) is 5.33. The van der Waals surface area contributed by atoms with E-state index >= 15 is 0 Å². The fourth-order valence-corrected chi connectivity index (χ4v) is 5.33. The topological polar surface area (TPSA) is 56.7 Å². The Labute approximate surface area is 173 Å². The van der Waals surface area contributed by atoms with E-state index in [1.54, 1.807) is 0 Å². The molecule has 5 nitrogen and oxygen atoms in total. The minimum absolute atomic E-state index is 0. The Morgan fingerprint density at radius 2 is 2.00 bits per heavy atom. The molecule has 0 radical (unpaired) electrons. The lowest BCUT2D eigenvalue weighted by molar-refractivity contribution is 0.272. The van der Waals surface area contributed by atoms with Crippen LogP contribution in [0.25, 0.3) is 0 Å². The maximum atomic E-state index is 12.1. The number of likely N-dealkylation sites (N-methyl/N-ethyl adjacent to an activating group) is 1. The SMILES string of the molecule is CCNC(=NCC1CCCN1CC)NC1CCCC(S(=O)CC)C1.I. The second kappa shape index (κ2) is 12.5. The molecular weight excluding hydrogens is 447 g/mol. The highest BCUT2D eigenvalue weighted by molar-refractivity contribution is 14.0. The van der Waals surface area contributed by atoms with Crippen LogP contribution in [0.15, 0.2) is 4.99 Å². The average Bonchev–Trinajstić information content (AvgIpc) is 3.07. The van der Waals surface area contributed by atoms with Crippen LogP contribution in [0.3, 0.4) is 0 Å². The monoisotopic (exact) mass is 484 g/mol. The summed E-state index contributed by atoms with van der Waals surface area (Å²) < 4.78 is 12.1. The number of rotatable bonds is 7. The Hall–Kier alpha value is 0.110. The third-order valence-corrected chi connectivity index (χ3v) is 7.07. The van der Waals surface area contributed by atoms with Crippen molar-refractivity contribution in [1.82, 2.24) is 15.5 Å². The van der Waals surface area contributed by atoms with Crippen molar-refractivity contribution in [2.24, 2.45) is 4.99 Å². The molecule has 1 saturated carbocycles. The van der Waals surface area contributed by atoms with E-state index in [0.717, 1.165) is 50.6 Å². The molecular formula is C18H37IN4OS. The molecule has 2 N–H and O–H groups in total. The molecule has 4 unspecified atom stereocenters. The maximum Gasteiger partial charge on any atom is 0.191 e. The molecule has 2 fully saturated rings. The van der Waals surface area contributed by atoms with Gasteiger partial charge in [0.15, 0.2) is 5.96 Å². The van der Waals surface area contributed by atoms with Gasteiger partial charge in [0, 0.05) is 40.4 Å². The van der Waals surface area contributed by atoms with Crippen LogP contribution in [0.2, 0.25) is 0 Å². The quantitative estimate of drug-likeness (QED) is 0.332. The predicted molar refractivity (Wildman–Crippen MR) is 120 cm³/mol. The number of nitrogens with one attached hydrogen (secondary N) is 2. The molecule has 2 rings (SSSR count). The van der Waals surface area contributed by atoms with E-state index in [1.807, 2.05) is 6.92 Å². The summed E-state index contributed by atoms with van der Waals surface area (Å²) >= 11 is 0. The van der Waals surface area contributed by atoms with E-state index < -0.39 is 10.8 Å². The Kier molecular flexibility index (Phi) is 11.6. The summed E-state index contributed by atoms with van der Waals surface area (Å²) in [6, 6.07) is 1.00. The molecule has 0 aromatic rings. The van der Waals surface area contributed by atoms with Crippen LogP contribution in [-0.4, -0.2) is 64.3 Å². The first-order valence-electron chi connectivity index (χ1n) is 9.83. The van der Waals surface area contributed by atoms with Crippen LogP contribution in [0.5, 0.6) is 0 Å². The van der Waals surface area contributed by atoms with E-state index in [0.29, 0.717) is 17.3 Å². The van der Waals surface area contributed by atoms with E-state index in [-0.39, 0.29) is 24.0 Å². The van der Waals surface area contributed by atoms with Gasteiger partial charge in [0.05, 0.1) is 6.54 Å². The van der Waals surface area contributed by atoms with Crippen LogP contribution >= 0.6 is 24.0 Å². The third kappa shape index (κ3) is 7.33. The van der Waals surface area contributed by atoms with Gasteiger partial charge in [-0.3, -0.25) is 14.1 Å². The lowest BCUT2D eigenvalue weighted by Crippen LogP contribution is -2.47. The van der Waals surface area contributed by atoms with Crippen molar-refractivity contribution in [2.45, 2.75) is 76.6 Å². The van der Waals surface area contributed by atoms with Gasteiger partial charge in [-0.05, 0) is 52.1 Å². The van der Waals surface area contributed by atoms with Gasteiger partial charge in [0.1, 0.15) is 0 Å². The number of halogens is 1. The van der Waals surface area contributed by atoms with Crippen LogP contribution in [-0.2, 0) is 10.8 Å². The number of hydrogen-bond donors (Lipinski definition) is 2. The van der Waals surface area contributed by atoms with E-state index in [2.05, 4.69) is 29.4 Å². The van der Waals surface area contributed by atoms with Crippen LogP contribution < -0.4 is 10.6 Å². The van der Waals surface area contributed by atoms with Gasteiger partial charge in [0.2, 0.25) is 0 Å². The zero-order chi connectivity index (χ0) is 17.4. The van der Waals surface area contributed by atoms with E-state index in [4.69, 9.17) is 4.99 Å². The maximum absolute atomic E-state index is 12.1. The van der Waals surface area contributed by atoms with Gasteiger partial charge in [-0.25, -0.2) is 0 Å². The van der Waals surface area contributed by atoms with Crippen molar-refractivity contribution < 1.29 is 4.21 Å². The molecule has 1 aliphatic heterocycles. The van der Waals surface area contributed by atoms with Crippen molar-refractivity contribution in [2.75, 3.05) is 31.9 Å². The van der Waals surface area contributed by atoms with Gasteiger partial charge in [0.25, 0.3) is 0 Å². The van der Waals surface area contributed by atoms with Gasteiger partial charge in [-0.2, -0.15) is 0 Å². The van der Waals surface area contributed by atoms with Crippen molar-refractivity contribution in [3.8, 4) is 0 Å². The van der Waals surface area contributed by atoms with Crippen molar-refractivity contribution in [1.29, 1.82) is 0 Å². The van der Waals surface area contributed by atoms with Crippen LogP contribution in [0.1, 0.15) is 59.3 Å². The number of hydrogen-bond acceptors (Lipinski definition) is 3. The molecule has 148 valence electrons. The average molecular weight is 484 g/mol. The van der Waals surface area contributed by atoms with Crippen molar-refractivity contribution >= 4 is 40.7 Å². The second-order valence-electron chi connectivity index (χ2n) is 6.94. The van der Waals surface area contributed by atoms with E-state index in [1.165, 1.54) is 25.8 Å². The zero-order valence-corrected chi connectivity index (χ0v) is 19.3. The largest absolute Gasteiger partial charge is 0.357 e. The molecule has 1 aliphatic carbocycles. The van der Waals surface area contributed by atoms with Crippen LogP contribution in [0, 0.1) is 0 Å². The highest BCUT2D eigenvalue weighted by atomic mass is 127. The molecule has 25 heavy (non-hydrogen) atoms. The first-order chi connectivity index (χ1) is 11.7. The highest BCUT2D eigenvalue weighted by Crippen LogP contribution is 2.23. The molecule has 0 bridgehead atoms. The molecule has 1 saturated heterocycles. The molecule has 0 spiro atoms. The van der Waals surface area contributed by atoms with Gasteiger partial charge < -0.3 is 10.6 Å². The van der Waals surface area contributed by atoms with E-state index in [9.17, 15) is 4.21 Å². The first-order valence-corrected chi connectivity index (χ1v) is 11.2. The summed E-state index contributed by atoms with van der Waals surface area (Å²) in [7, 11) is -0.671. The van der Waals surface area contributed by atoms with Crippen LogP contribution in [0.4, 0.5) is 0 Å². The van der Waals surface area contributed by atoms with Gasteiger partial charge in [-0.1, -0.05) is 20.3 Å². The van der Waals surface area contributed by atoms with Crippen molar-refractivity contribution in [3.63, 3.8) is 0 Å². The summed E-state index contributed by atoms with van der Waals surface area (Å²) in [5.41, 5.74) is 0. The predicted octanol–water partition coefficient (Wildman–Crippen LogP) is 2.72. The molecule has 1 heterocycles. The number of likely N-dealkylation sites (tertiary alicyclic amines) is 1. The number of aliphatic imine (C=N–C) groups is 1. The minimum Gasteiger partial charge on any atom is -0.357 e. The second-order valence-corrected chi connectivity index (χ2v) is 8.95. The number of guanidine groups is 1. The van der Waals surface area contributed by atoms with Gasteiger partial charge >= 0.3 is 0 Å². The normalized spacial score (nSPS) is 29.1. The summed E-state index contributed by atoms with van der Waals surface area (Å²) in [4.78, 5) is 7.39.